The van der Waals surface area contributed by atoms with Gasteiger partial charge in [0.2, 0.25) is 0 Å². The smallest absolute Gasteiger partial charge is 0.146 e. The lowest BCUT2D eigenvalue weighted by molar-refractivity contribution is 0.199. The molecule has 100 valence electrons. The van der Waals surface area contributed by atoms with E-state index in [1.807, 2.05) is 0 Å². The van der Waals surface area contributed by atoms with Gasteiger partial charge in [-0.3, -0.25) is 0 Å². The summed E-state index contributed by atoms with van der Waals surface area (Å²) in [4.78, 5) is 0. The zero-order chi connectivity index (χ0) is 14.0. The third-order valence-electron chi connectivity index (χ3n) is 2.50. The molecule has 1 N–H and O–H groups in total. The van der Waals surface area contributed by atoms with E-state index >= 15 is 0 Å². The van der Waals surface area contributed by atoms with E-state index in [4.69, 9.17) is 16.3 Å². The molecule has 5 heteroatoms. The average Bonchev–Trinajstić information content (AvgIpc) is 2.30. The van der Waals surface area contributed by atoms with Crippen molar-refractivity contribution >= 4 is 27.5 Å². The molecule has 0 amide bonds. The first-order chi connectivity index (χ1) is 8.95. The molecule has 0 spiro atoms. The van der Waals surface area contributed by atoms with E-state index in [1.54, 1.807) is 31.2 Å². The molecule has 0 saturated carbocycles. The number of ether oxygens (including phenoxy) is 1. The maximum Gasteiger partial charge on any atom is 0.146 e. The van der Waals surface area contributed by atoms with Crippen LogP contribution in [0.15, 0.2) is 40.9 Å². The third-order valence-corrected chi connectivity index (χ3v) is 3.26. The van der Waals surface area contributed by atoms with E-state index in [2.05, 4.69) is 15.9 Å². The minimum Gasteiger partial charge on any atom is -0.456 e. The fourth-order valence-corrected chi connectivity index (χ4v) is 2.25. The zero-order valence-electron chi connectivity index (χ0n) is 10.0. The molecule has 0 aliphatic carbocycles. The van der Waals surface area contributed by atoms with E-state index in [9.17, 15) is 9.50 Å². The Morgan fingerprint density at radius 3 is 2.58 bits per heavy atom. The van der Waals surface area contributed by atoms with Gasteiger partial charge >= 0.3 is 0 Å². The average molecular weight is 346 g/mol. The van der Waals surface area contributed by atoms with Crippen LogP contribution in [0.5, 0.6) is 11.5 Å². The molecule has 19 heavy (non-hydrogen) atoms. The van der Waals surface area contributed by atoms with Crippen LogP contribution in [0.3, 0.4) is 0 Å². The van der Waals surface area contributed by atoms with E-state index in [1.165, 1.54) is 12.1 Å². The maximum atomic E-state index is 13.2. The number of rotatable bonds is 3. The summed E-state index contributed by atoms with van der Waals surface area (Å²) in [5, 5.41) is 9.81. The number of benzene rings is 2. The van der Waals surface area contributed by atoms with E-state index in [0.717, 1.165) is 0 Å². The van der Waals surface area contributed by atoms with Crippen LogP contribution in [-0.4, -0.2) is 5.11 Å². The highest BCUT2D eigenvalue weighted by Crippen LogP contribution is 2.33. The summed E-state index contributed by atoms with van der Waals surface area (Å²) in [5.74, 6) is 0.350. The Bertz CT molecular complexity index is 582. The van der Waals surface area contributed by atoms with Crippen LogP contribution >= 0.6 is 27.5 Å². The van der Waals surface area contributed by atoms with Gasteiger partial charge in [0.25, 0.3) is 0 Å². The number of halogens is 3. The topological polar surface area (TPSA) is 29.5 Å². The van der Waals surface area contributed by atoms with Crippen LogP contribution in [0.2, 0.25) is 5.02 Å². The molecular formula is C14H11BrClFO2. The van der Waals surface area contributed by atoms with Crippen molar-refractivity contribution in [3.63, 3.8) is 0 Å². The minimum absolute atomic E-state index is 0.346. The van der Waals surface area contributed by atoms with Crippen molar-refractivity contribution in [3.05, 3.63) is 57.3 Å². The molecule has 0 aromatic heterocycles. The highest BCUT2D eigenvalue weighted by atomic mass is 79.9. The van der Waals surface area contributed by atoms with E-state index in [-0.39, 0.29) is 0 Å². The molecule has 2 aromatic carbocycles. The second-order valence-electron chi connectivity index (χ2n) is 4.07. The first-order valence-corrected chi connectivity index (χ1v) is 6.74. The standard InChI is InChI=1S/C14H11BrClFO2/c1-8(18)9-2-3-14(13(16)4-9)19-12-6-10(15)5-11(17)7-12/h2-8,18H,1H3/t8-/m0/s1. The van der Waals surface area contributed by atoms with Crippen LogP contribution in [0.4, 0.5) is 4.39 Å². The van der Waals surface area contributed by atoms with Gasteiger partial charge in [-0.1, -0.05) is 33.6 Å². The molecular weight excluding hydrogens is 335 g/mol. The minimum atomic E-state index is -0.602. The quantitative estimate of drug-likeness (QED) is 0.840. The number of aliphatic hydroxyl groups excluding tert-OH is 1. The first kappa shape index (κ1) is 14.3. The molecule has 0 aliphatic rings. The Hall–Kier alpha value is -1.10. The van der Waals surface area contributed by atoms with Gasteiger partial charge in [0.05, 0.1) is 11.1 Å². The first-order valence-electron chi connectivity index (χ1n) is 5.57. The molecule has 0 unspecified atom stereocenters. The van der Waals surface area contributed by atoms with Gasteiger partial charge in [-0.05, 0) is 36.8 Å². The summed E-state index contributed by atoms with van der Waals surface area (Å²) >= 11 is 9.25. The molecule has 0 aliphatic heterocycles. The van der Waals surface area contributed by atoms with Gasteiger partial charge in [-0.15, -0.1) is 0 Å². The number of hydrogen-bond donors (Lipinski definition) is 1. The van der Waals surface area contributed by atoms with Crippen LogP contribution in [-0.2, 0) is 0 Å². The van der Waals surface area contributed by atoms with Gasteiger partial charge < -0.3 is 9.84 Å². The monoisotopic (exact) mass is 344 g/mol. The lowest BCUT2D eigenvalue weighted by Gasteiger charge is -2.11. The summed E-state index contributed by atoms with van der Waals surface area (Å²) in [6, 6.07) is 9.22. The summed E-state index contributed by atoms with van der Waals surface area (Å²) in [6.45, 7) is 1.65. The van der Waals surface area contributed by atoms with Crippen molar-refractivity contribution in [2.75, 3.05) is 0 Å². The largest absolute Gasteiger partial charge is 0.456 e. The summed E-state index contributed by atoms with van der Waals surface area (Å²) in [5.41, 5.74) is 0.692. The second-order valence-corrected chi connectivity index (χ2v) is 5.40. The number of aliphatic hydroxyl groups is 1. The van der Waals surface area contributed by atoms with Gasteiger partial charge in [0, 0.05) is 10.5 Å². The van der Waals surface area contributed by atoms with Crippen molar-refractivity contribution < 1.29 is 14.2 Å². The SMILES string of the molecule is C[C@H](O)c1ccc(Oc2cc(F)cc(Br)c2)c(Cl)c1. The Morgan fingerprint density at radius 1 is 1.26 bits per heavy atom. The third kappa shape index (κ3) is 3.69. The van der Waals surface area contributed by atoms with Crippen molar-refractivity contribution in [1.29, 1.82) is 0 Å². The predicted octanol–water partition coefficient (Wildman–Crippen LogP) is 5.09. The predicted molar refractivity (Wildman–Crippen MR) is 76.3 cm³/mol. The van der Waals surface area contributed by atoms with Gasteiger partial charge in [0.15, 0.2) is 0 Å². The second kappa shape index (κ2) is 5.90. The number of hydrogen-bond acceptors (Lipinski definition) is 2. The molecule has 0 bridgehead atoms. The molecule has 2 rings (SSSR count). The molecule has 0 fully saturated rings. The van der Waals surface area contributed by atoms with Crippen molar-refractivity contribution in [2.45, 2.75) is 13.0 Å². The molecule has 0 saturated heterocycles. The lowest BCUT2D eigenvalue weighted by Crippen LogP contribution is -1.92. The fraction of sp³-hybridized carbons (Fsp3) is 0.143. The highest BCUT2D eigenvalue weighted by molar-refractivity contribution is 9.10. The summed E-state index contributed by atoms with van der Waals surface area (Å²) in [6.07, 6.45) is -0.602. The highest BCUT2D eigenvalue weighted by Gasteiger charge is 2.08. The summed E-state index contributed by atoms with van der Waals surface area (Å²) < 4.78 is 19.3. The van der Waals surface area contributed by atoms with Crippen molar-refractivity contribution in [2.24, 2.45) is 0 Å². The maximum absolute atomic E-state index is 13.2. The molecule has 2 nitrogen and oxygen atoms in total. The molecule has 0 heterocycles. The van der Waals surface area contributed by atoms with Crippen LogP contribution < -0.4 is 4.74 Å². The zero-order valence-corrected chi connectivity index (χ0v) is 12.4. The Morgan fingerprint density at radius 2 is 2.00 bits per heavy atom. The van der Waals surface area contributed by atoms with Crippen LogP contribution in [0.1, 0.15) is 18.6 Å². The lowest BCUT2D eigenvalue weighted by atomic mass is 10.1. The molecule has 2 aromatic rings. The van der Waals surface area contributed by atoms with Crippen LogP contribution in [0.25, 0.3) is 0 Å². The van der Waals surface area contributed by atoms with E-state index < -0.39 is 11.9 Å². The normalized spacial score (nSPS) is 12.3. The van der Waals surface area contributed by atoms with Gasteiger partial charge in [-0.25, -0.2) is 4.39 Å². The van der Waals surface area contributed by atoms with Gasteiger partial charge in [0.1, 0.15) is 17.3 Å². The van der Waals surface area contributed by atoms with Crippen LogP contribution in [0, 0.1) is 5.82 Å². The van der Waals surface area contributed by atoms with E-state index in [0.29, 0.717) is 26.6 Å². The van der Waals surface area contributed by atoms with Crippen molar-refractivity contribution in [1.82, 2.24) is 0 Å². The molecule has 1 atom stereocenters. The Kier molecular flexibility index (Phi) is 4.45. The van der Waals surface area contributed by atoms with Crippen molar-refractivity contribution in [3.8, 4) is 11.5 Å². The molecule has 0 radical (unpaired) electrons. The Balaban J connectivity index is 2.28. The summed E-state index contributed by atoms with van der Waals surface area (Å²) in [7, 11) is 0. The Labute approximate surface area is 123 Å². The fourth-order valence-electron chi connectivity index (χ4n) is 1.57. The van der Waals surface area contributed by atoms with Gasteiger partial charge in [-0.2, -0.15) is 0 Å².